The van der Waals surface area contributed by atoms with Crippen molar-refractivity contribution in [2.45, 2.75) is 6.18 Å². The van der Waals surface area contributed by atoms with Gasteiger partial charge in [0.1, 0.15) is 5.56 Å². The highest BCUT2D eigenvalue weighted by molar-refractivity contribution is 6.36. The molecule has 0 spiro atoms. The molecule has 0 amide bonds. The molecule has 26 heavy (non-hydrogen) atoms. The van der Waals surface area contributed by atoms with Gasteiger partial charge in [0.05, 0.1) is 16.9 Å². The number of carboxylic acid groups (broad SMARTS) is 1. The van der Waals surface area contributed by atoms with Crippen molar-refractivity contribution in [3.63, 3.8) is 0 Å². The van der Waals surface area contributed by atoms with Crippen molar-refractivity contribution < 1.29 is 23.1 Å². The normalized spacial score (nSPS) is 11.6. The van der Waals surface area contributed by atoms with E-state index in [1.807, 2.05) is 0 Å². The lowest BCUT2D eigenvalue weighted by atomic mass is 10.1. The fourth-order valence-electron chi connectivity index (χ4n) is 2.34. The Morgan fingerprint density at radius 3 is 2.50 bits per heavy atom. The van der Waals surface area contributed by atoms with E-state index in [2.05, 4.69) is 10.1 Å². The smallest absolute Gasteiger partial charge is 0.434 e. The molecule has 0 unspecified atom stereocenters. The Labute approximate surface area is 154 Å². The molecule has 0 aliphatic carbocycles. The molecule has 1 N–H and O–H groups in total. The summed E-state index contributed by atoms with van der Waals surface area (Å²) in [5, 5.41) is 13.2. The summed E-state index contributed by atoms with van der Waals surface area (Å²) in [6.07, 6.45) is -4.30. The number of carbonyl (C=O) groups is 1. The number of hydrogen-bond acceptors (Lipinski definition) is 3. The second-order valence-electron chi connectivity index (χ2n) is 5.13. The van der Waals surface area contributed by atoms with Crippen LogP contribution in [0.1, 0.15) is 16.1 Å². The summed E-state index contributed by atoms with van der Waals surface area (Å²) in [6.45, 7) is 0. The maximum Gasteiger partial charge on any atom is 0.434 e. The zero-order valence-corrected chi connectivity index (χ0v) is 14.1. The van der Waals surface area contributed by atoms with Crippen LogP contribution in [0.5, 0.6) is 0 Å². The van der Waals surface area contributed by atoms with Crippen LogP contribution in [-0.2, 0) is 6.18 Å². The average Bonchev–Trinajstić information content (AvgIpc) is 3.00. The Kier molecular flexibility index (Phi) is 4.64. The van der Waals surface area contributed by atoms with Gasteiger partial charge in [0.25, 0.3) is 0 Å². The number of carboxylic acids is 1. The van der Waals surface area contributed by atoms with Gasteiger partial charge in [-0.25, -0.2) is 14.5 Å². The van der Waals surface area contributed by atoms with Crippen molar-refractivity contribution in [1.29, 1.82) is 0 Å². The predicted molar refractivity (Wildman–Crippen MR) is 88.8 cm³/mol. The number of rotatable bonds is 3. The molecule has 10 heteroatoms. The van der Waals surface area contributed by atoms with E-state index in [4.69, 9.17) is 28.3 Å². The van der Waals surface area contributed by atoms with Crippen LogP contribution >= 0.6 is 23.2 Å². The van der Waals surface area contributed by atoms with Crippen LogP contribution in [0.4, 0.5) is 13.2 Å². The van der Waals surface area contributed by atoms with Gasteiger partial charge in [-0.15, -0.1) is 0 Å². The van der Waals surface area contributed by atoms with Gasteiger partial charge in [0.15, 0.2) is 11.5 Å². The van der Waals surface area contributed by atoms with Crippen molar-refractivity contribution in [2.24, 2.45) is 0 Å². The molecule has 1 aromatic carbocycles. The summed E-state index contributed by atoms with van der Waals surface area (Å²) >= 11 is 11.9. The van der Waals surface area contributed by atoms with Gasteiger partial charge in [0, 0.05) is 10.6 Å². The molecule has 0 fully saturated rings. The number of aromatic carboxylic acids is 1. The number of aromatic nitrogens is 3. The molecule has 0 atom stereocenters. The first-order chi connectivity index (χ1) is 12.2. The third-order valence-electron chi connectivity index (χ3n) is 3.43. The quantitative estimate of drug-likeness (QED) is 0.673. The van der Waals surface area contributed by atoms with Gasteiger partial charge in [-0.3, -0.25) is 0 Å². The zero-order valence-electron chi connectivity index (χ0n) is 12.6. The number of halogens is 5. The van der Waals surface area contributed by atoms with E-state index >= 15 is 0 Å². The van der Waals surface area contributed by atoms with E-state index in [1.165, 1.54) is 18.2 Å². The SMILES string of the molecule is O=C(O)c1cnn(-c2cccc(-c3ccc(Cl)cc3Cl)n2)c1C(F)(F)F. The Bertz CT molecular complexity index is 1000. The van der Waals surface area contributed by atoms with Gasteiger partial charge >= 0.3 is 12.1 Å². The average molecular weight is 402 g/mol. The lowest BCUT2D eigenvalue weighted by Crippen LogP contribution is -2.18. The highest BCUT2D eigenvalue weighted by atomic mass is 35.5. The second kappa shape index (κ2) is 6.62. The molecule has 0 bridgehead atoms. The topological polar surface area (TPSA) is 68.0 Å². The van der Waals surface area contributed by atoms with Crippen molar-refractivity contribution >= 4 is 29.2 Å². The third-order valence-corrected chi connectivity index (χ3v) is 3.97. The van der Waals surface area contributed by atoms with Crippen molar-refractivity contribution in [3.8, 4) is 17.1 Å². The first kappa shape index (κ1) is 18.2. The highest BCUT2D eigenvalue weighted by Gasteiger charge is 2.41. The summed E-state index contributed by atoms with van der Waals surface area (Å²) in [4.78, 5) is 15.2. The van der Waals surface area contributed by atoms with E-state index in [0.29, 0.717) is 21.5 Å². The number of hydrogen-bond donors (Lipinski definition) is 1. The van der Waals surface area contributed by atoms with Crippen molar-refractivity contribution in [1.82, 2.24) is 14.8 Å². The summed E-state index contributed by atoms with van der Waals surface area (Å²) in [5.74, 6) is -1.94. The van der Waals surface area contributed by atoms with Crippen LogP contribution in [0, 0.1) is 0 Å². The summed E-state index contributed by atoms with van der Waals surface area (Å²) in [6, 6.07) is 8.91. The molecule has 2 heterocycles. The Hall–Kier alpha value is -2.58. The molecule has 0 radical (unpaired) electrons. The molecular formula is C16H8Cl2F3N3O2. The van der Waals surface area contributed by atoms with Crippen LogP contribution < -0.4 is 0 Å². The van der Waals surface area contributed by atoms with Crippen LogP contribution in [0.2, 0.25) is 10.0 Å². The molecule has 0 aliphatic heterocycles. The largest absolute Gasteiger partial charge is 0.478 e. The van der Waals surface area contributed by atoms with E-state index in [-0.39, 0.29) is 16.5 Å². The molecular weight excluding hydrogens is 394 g/mol. The molecule has 0 aliphatic rings. The van der Waals surface area contributed by atoms with Gasteiger partial charge in [0.2, 0.25) is 0 Å². The predicted octanol–water partition coefficient (Wildman–Crippen LogP) is 4.96. The molecule has 3 rings (SSSR count). The molecule has 3 aromatic rings. The van der Waals surface area contributed by atoms with E-state index < -0.39 is 23.4 Å². The highest BCUT2D eigenvalue weighted by Crippen LogP contribution is 2.34. The second-order valence-corrected chi connectivity index (χ2v) is 5.97. The Morgan fingerprint density at radius 2 is 1.88 bits per heavy atom. The zero-order chi connectivity index (χ0) is 19.1. The van der Waals surface area contributed by atoms with Crippen LogP contribution in [-0.4, -0.2) is 25.8 Å². The molecule has 0 saturated heterocycles. The van der Waals surface area contributed by atoms with Crippen LogP contribution in [0.3, 0.4) is 0 Å². The molecule has 134 valence electrons. The summed E-state index contributed by atoms with van der Waals surface area (Å²) in [7, 11) is 0. The van der Waals surface area contributed by atoms with E-state index in [1.54, 1.807) is 18.2 Å². The molecule has 5 nitrogen and oxygen atoms in total. The van der Waals surface area contributed by atoms with Crippen LogP contribution in [0.25, 0.3) is 17.1 Å². The minimum absolute atomic E-state index is 0.201. The Morgan fingerprint density at radius 1 is 1.15 bits per heavy atom. The summed E-state index contributed by atoms with van der Waals surface area (Å²) < 4.78 is 40.4. The first-order valence-electron chi connectivity index (χ1n) is 7.00. The third kappa shape index (κ3) is 3.38. The maximum atomic E-state index is 13.3. The standard InChI is InChI=1S/C16H8Cl2F3N3O2/c17-8-4-5-9(11(18)6-8)12-2-1-3-13(23-12)24-14(16(19,20)21)10(7-22-24)15(25)26/h1-7H,(H,25,26). The first-order valence-corrected chi connectivity index (χ1v) is 7.75. The molecule has 0 saturated carbocycles. The van der Waals surface area contributed by atoms with Crippen molar-refractivity contribution in [2.75, 3.05) is 0 Å². The van der Waals surface area contributed by atoms with Gasteiger partial charge in [-0.2, -0.15) is 18.3 Å². The van der Waals surface area contributed by atoms with Gasteiger partial charge in [-0.1, -0.05) is 29.3 Å². The number of pyridine rings is 1. The lowest BCUT2D eigenvalue weighted by Gasteiger charge is -2.12. The number of alkyl halides is 3. The maximum absolute atomic E-state index is 13.3. The van der Waals surface area contributed by atoms with E-state index in [0.717, 1.165) is 0 Å². The lowest BCUT2D eigenvalue weighted by molar-refractivity contribution is -0.143. The number of nitrogens with zero attached hydrogens (tertiary/aromatic N) is 3. The monoisotopic (exact) mass is 401 g/mol. The molecule has 2 aromatic heterocycles. The number of benzene rings is 1. The fraction of sp³-hybridized carbons (Fsp3) is 0.0625. The van der Waals surface area contributed by atoms with Gasteiger partial charge in [-0.05, 0) is 30.3 Å². The van der Waals surface area contributed by atoms with Crippen molar-refractivity contribution in [3.05, 3.63) is 63.9 Å². The summed E-state index contributed by atoms with van der Waals surface area (Å²) in [5.41, 5.74) is -1.65. The van der Waals surface area contributed by atoms with E-state index in [9.17, 15) is 18.0 Å². The minimum Gasteiger partial charge on any atom is -0.478 e. The van der Waals surface area contributed by atoms with Crippen LogP contribution in [0.15, 0.2) is 42.6 Å². The van der Waals surface area contributed by atoms with Gasteiger partial charge < -0.3 is 5.11 Å². The minimum atomic E-state index is -4.93. The fourth-order valence-corrected chi connectivity index (χ4v) is 2.85. The Balaban J connectivity index is 2.17.